The van der Waals surface area contributed by atoms with E-state index in [0.717, 1.165) is 33.0 Å². The van der Waals surface area contributed by atoms with Gasteiger partial charge in [-0.1, -0.05) is 78.9 Å². The molecule has 2 N–H and O–H groups in total. The normalized spacial score (nSPS) is 10.9. The number of amides is 1. The summed E-state index contributed by atoms with van der Waals surface area (Å²) in [5.74, 6) is 0.699. The Hall–Kier alpha value is -4.78. The van der Waals surface area contributed by atoms with E-state index in [-0.39, 0.29) is 6.10 Å². The summed E-state index contributed by atoms with van der Waals surface area (Å²) < 4.78 is 5.20. The summed E-state index contributed by atoms with van der Waals surface area (Å²) in [5.41, 5.74) is 5.21. The van der Waals surface area contributed by atoms with Gasteiger partial charge in [0.05, 0.1) is 18.0 Å². The molecule has 0 fully saturated rings. The van der Waals surface area contributed by atoms with Crippen molar-refractivity contribution in [1.82, 2.24) is 15.2 Å². The molecule has 0 aliphatic carbocycles. The van der Waals surface area contributed by atoms with E-state index in [1.165, 1.54) is 0 Å². The SMILES string of the molecule is CC(C)OC(=O)Nc1cncc(-c2nnc(NCc3ccccc3)c3c(-c4ccccc4)cccc23)c1. The molecule has 0 bridgehead atoms. The number of nitrogens with zero attached hydrogens (tertiary/aromatic N) is 3. The average molecular weight is 490 g/mol. The molecule has 5 rings (SSSR count). The van der Waals surface area contributed by atoms with Gasteiger partial charge in [-0.05, 0) is 36.6 Å². The molecule has 0 spiro atoms. The Morgan fingerprint density at radius 2 is 1.62 bits per heavy atom. The van der Waals surface area contributed by atoms with Crippen molar-refractivity contribution in [3.8, 4) is 22.4 Å². The summed E-state index contributed by atoms with van der Waals surface area (Å²) in [4.78, 5) is 16.4. The molecule has 5 aromatic rings. The van der Waals surface area contributed by atoms with Crippen molar-refractivity contribution in [3.05, 3.63) is 103 Å². The van der Waals surface area contributed by atoms with E-state index in [4.69, 9.17) is 4.74 Å². The summed E-state index contributed by atoms with van der Waals surface area (Å²) in [6, 6.07) is 28.4. The zero-order valence-corrected chi connectivity index (χ0v) is 20.7. The van der Waals surface area contributed by atoms with Crippen LogP contribution >= 0.6 is 0 Å². The molecule has 0 unspecified atom stereocenters. The molecular weight excluding hydrogens is 462 g/mol. The Bertz CT molecular complexity index is 1520. The Morgan fingerprint density at radius 1 is 0.865 bits per heavy atom. The lowest BCUT2D eigenvalue weighted by atomic mass is 9.96. The second kappa shape index (κ2) is 10.9. The maximum atomic E-state index is 12.1. The molecule has 1 amide bonds. The maximum Gasteiger partial charge on any atom is 0.411 e. The molecule has 0 saturated carbocycles. The quantitative estimate of drug-likeness (QED) is 0.258. The van der Waals surface area contributed by atoms with Crippen LogP contribution in [0, 0.1) is 0 Å². The van der Waals surface area contributed by atoms with Crippen LogP contribution in [-0.2, 0) is 11.3 Å². The lowest BCUT2D eigenvalue weighted by Crippen LogP contribution is -2.18. The number of ether oxygens (including phenoxy) is 1. The Balaban J connectivity index is 1.59. The summed E-state index contributed by atoms with van der Waals surface area (Å²) in [6.07, 6.45) is 2.54. The van der Waals surface area contributed by atoms with E-state index in [1.807, 2.05) is 54.6 Å². The summed E-state index contributed by atoms with van der Waals surface area (Å²) in [6.45, 7) is 4.22. The van der Waals surface area contributed by atoms with Crippen LogP contribution in [0.5, 0.6) is 0 Å². The van der Waals surface area contributed by atoms with Gasteiger partial charge >= 0.3 is 6.09 Å². The van der Waals surface area contributed by atoms with Gasteiger partial charge in [-0.15, -0.1) is 10.2 Å². The van der Waals surface area contributed by atoms with Crippen molar-refractivity contribution in [1.29, 1.82) is 0 Å². The van der Waals surface area contributed by atoms with Gasteiger partial charge in [0.15, 0.2) is 5.82 Å². The number of aromatic nitrogens is 3. The molecule has 7 heteroatoms. The van der Waals surface area contributed by atoms with Crippen LogP contribution in [0.1, 0.15) is 19.4 Å². The molecule has 37 heavy (non-hydrogen) atoms. The maximum absolute atomic E-state index is 12.1. The van der Waals surface area contributed by atoms with E-state index in [2.05, 4.69) is 56.1 Å². The molecule has 2 aromatic heterocycles. The Labute approximate surface area is 215 Å². The van der Waals surface area contributed by atoms with Crippen molar-refractivity contribution in [2.75, 3.05) is 10.6 Å². The van der Waals surface area contributed by atoms with E-state index in [0.29, 0.717) is 23.7 Å². The lowest BCUT2D eigenvalue weighted by Gasteiger charge is -2.15. The predicted octanol–water partition coefficient (Wildman–Crippen LogP) is 6.93. The van der Waals surface area contributed by atoms with Crippen molar-refractivity contribution in [3.63, 3.8) is 0 Å². The van der Waals surface area contributed by atoms with Gasteiger partial charge in [-0.2, -0.15) is 0 Å². The van der Waals surface area contributed by atoms with Gasteiger partial charge in [0, 0.05) is 29.1 Å². The van der Waals surface area contributed by atoms with Gasteiger partial charge in [-0.25, -0.2) is 4.79 Å². The smallest absolute Gasteiger partial charge is 0.411 e. The van der Waals surface area contributed by atoms with Crippen LogP contribution in [0.3, 0.4) is 0 Å². The summed E-state index contributed by atoms with van der Waals surface area (Å²) in [7, 11) is 0. The fourth-order valence-corrected chi connectivity index (χ4v) is 4.18. The number of pyridine rings is 1. The number of carbonyl (C=O) groups is 1. The zero-order valence-electron chi connectivity index (χ0n) is 20.7. The zero-order chi connectivity index (χ0) is 25.6. The highest BCUT2D eigenvalue weighted by molar-refractivity contribution is 6.08. The highest BCUT2D eigenvalue weighted by Gasteiger charge is 2.16. The number of hydrogen-bond acceptors (Lipinski definition) is 6. The molecule has 0 radical (unpaired) electrons. The monoisotopic (exact) mass is 489 g/mol. The van der Waals surface area contributed by atoms with E-state index in [1.54, 1.807) is 26.2 Å². The first-order valence-corrected chi connectivity index (χ1v) is 12.1. The molecule has 7 nitrogen and oxygen atoms in total. The van der Waals surface area contributed by atoms with Gasteiger partial charge in [-0.3, -0.25) is 10.3 Å². The highest BCUT2D eigenvalue weighted by atomic mass is 16.6. The van der Waals surface area contributed by atoms with Crippen LogP contribution in [0.15, 0.2) is 97.3 Å². The summed E-state index contributed by atoms with van der Waals surface area (Å²) >= 11 is 0. The van der Waals surface area contributed by atoms with E-state index >= 15 is 0 Å². The minimum atomic E-state index is -0.531. The molecule has 2 heterocycles. The molecule has 0 atom stereocenters. The minimum absolute atomic E-state index is 0.224. The molecule has 0 saturated heterocycles. The number of hydrogen-bond donors (Lipinski definition) is 2. The van der Waals surface area contributed by atoms with E-state index < -0.39 is 6.09 Å². The third-order valence-electron chi connectivity index (χ3n) is 5.79. The minimum Gasteiger partial charge on any atom is -0.447 e. The average Bonchev–Trinajstić information content (AvgIpc) is 2.92. The number of nitrogens with one attached hydrogen (secondary N) is 2. The molecule has 0 aliphatic rings. The van der Waals surface area contributed by atoms with E-state index in [9.17, 15) is 4.79 Å². The molecule has 184 valence electrons. The van der Waals surface area contributed by atoms with Crippen LogP contribution < -0.4 is 10.6 Å². The van der Waals surface area contributed by atoms with Gasteiger partial charge in [0.2, 0.25) is 0 Å². The van der Waals surface area contributed by atoms with Crippen molar-refractivity contribution < 1.29 is 9.53 Å². The highest BCUT2D eigenvalue weighted by Crippen LogP contribution is 2.37. The lowest BCUT2D eigenvalue weighted by molar-refractivity contribution is 0.130. The first-order valence-electron chi connectivity index (χ1n) is 12.1. The number of rotatable bonds is 7. The fraction of sp³-hybridized carbons (Fsp3) is 0.133. The Kier molecular flexibility index (Phi) is 7.03. The number of benzene rings is 3. The van der Waals surface area contributed by atoms with Crippen molar-refractivity contribution in [2.24, 2.45) is 0 Å². The van der Waals surface area contributed by atoms with Crippen LogP contribution in [0.2, 0.25) is 0 Å². The molecular formula is C30H27N5O2. The number of carbonyl (C=O) groups excluding carboxylic acids is 1. The third kappa shape index (κ3) is 5.56. The largest absolute Gasteiger partial charge is 0.447 e. The molecule has 3 aromatic carbocycles. The third-order valence-corrected chi connectivity index (χ3v) is 5.79. The van der Waals surface area contributed by atoms with Crippen molar-refractivity contribution >= 4 is 28.4 Å². The second-order valence-corrected chi connectivity index (χ2v) is 8.87. The number of anilines is 2. The van der Waals surface area contributed by atoms with Crippen LogP contribution in [0.25, 0.3) is 33.2 Å². The predicted molar refractivity (Wildman–Crippen MR) is 147 cm³/mol. The van der Waals surface area contributed by atoms with Gasteiger partial charge in [0.25, 0.3) is 0 Å². The number of fused-ring (bicyclic) bond motifs is 1. The van der Waals surface area contributed by atoms with Crippen molar-refractivity contribution in [2.45, 2.75) is 26.5 Å². The first-order chi connectivity index (χ1) is 18.1. The first kappa shape index (κ1) is 23.9. The van der Waals surface area contributed by atoms with Gasteiger partial charge < -0.3 is 10.1 Å². The van der Waals surface area contributed by atoms with Gasteiger partial charge in [0.1, 0.15) is 5.69 Å². The standard InChI is InChI=1S/C30H27N5O2/c1-20(2)37-30(36)33-24-16-23(18-31-19-24)28-26-15-9-14-25(22-12-7-4-8-13-22)27(26)29(35-34-28)32-17-21-10-5-3-6-11-21/h3-16,18-20H,17H2,1-2H3,(H,32,35)(H,33,36). The Morgan fingerprint density at radius 3 is 2.38 bits per heavy atom. The molecule has 0 aliphatic heterocycles. The summed E-state index contributed by atoms with van der Waals surface area (Å²) in [5, 5.41) is 17.3. The second-order valence-electron chi connectivity index (χ2n) is 8.87. The topological polar surface area (TPSA) is 89.0 Å². The van der Waals surface area contributed by atoms with Crippen LogP contribution in [-0.4, -0.2) is 27.4 Å². The fourth-order valence-electron chi connectivity index (χ4n) is 4.18. The van der Waals surface area contributed by atoms with Crippen LogP contribution in [0.4, 0.5) is 16.3 Å².